The number of aromatic nitrogens is 4. The Labute approximate surface area is 235 Å². The number of methoxy groups -OCH3 is 1. The molecule has 0 aliphatic carbocycles. The first-order valence-electron chi connectivity index (χ1n) is 11.8. The summed E-state index contributed by atoms with van der Waals surface area (Å²) in [7, 11) is 3.32. The third kappa shape index (κ3) is 5.91. The first kappa shape index (κ1) is 27.5. The molecule has 0 saturated carbocycles. The summed E-state index contributed by atoms with van der Waals surface area (Å²) in [6, 6.07) is 8.91. The Kier molecular flexibility index (Phi) is 7.96. The molecule has 0 unspecified atom stereocenters. The molecule has 40 heavy (non-hydrogen) atoms. The number of hydrogen-bond acceptors (Lipinski definition) is 10. The van der Waals surface area contributed by atoms with Crippen LogP contribution in [0.25, 0.3) is 31.9 Å². The minimum absolute atomic E-state index is 0.0770. The van der Waals surface area contributed by atoms with Crippen molar-refractivity contribution < 1.29 is 22.7 Å². The lowest BCUT2D eigenvalue weighted by Crippen LogP contribution is -2.06. The molecule has 5 aromatic rings. The number of anilines is 1. The fraction of sp³-hybridized carbons (Fsp3) is 0.148. The zero-order valence-electron chi connectivity index (χ0n) is 21.1. The molecule has 0 aliphatic rings. The highest BCUT2D eigenvalue weighted by molar-refractivity contribution is 8.00. The Morgan fingerprint density at radius 2 is 1.88 bits per heavy atom. The molecular weight excluding hydrogens is 561 g/mol. The van der Waals surface area contributed by atoms with E-state index in [9.17, 15) is 18.0 Å². The smallest absolute Gasteiger partial charge is 0.416 e. The van der Waals surface area contributed by atoms with Crippen LogP contribution >= 0.6 is 23.3 Å². The highest BCUT2D eigenvalue weighted by Gasteiger charge is 2.31. The van der Waals surface area contributed by atoms with Crippen molar-refractivity contribution in [1.29, 1.82) is 0 Å². The molecule has 0 saturated heterocycles. The van der Waals surface area contributed by atoms with Gasteiger partial charge in [-0.2, -0.15) is 13.2 Å². The molecule has 4 heterocycles. The Morgan fingerprint density at radius 3 is 2.62 bits per heavy atom. The van der Waals surface area contributed by atoms with Crippen molar-refractivity contribution in [2.75, 3.05) is 18.9 Å². The van der Waals surface area contributed by atoms with E-state index in [-0.39, 0.29) is 16.3 Å². The molecule has 2 N–H and O–H groups in total. The van der Waals surface area contributed by atoms with Crippen LogP contribution in [0, 0.1) is 0 Å². The lowest BCUT2D eigenvalue weighted by atomic mass is 10.1. The molecule has 0 bridgehead atoms. The number of carbonyl (C=O) groups excluding carboxylic acids is 1. The zero-order valence-corrected chi connectivity index (χ0v) is 22.7. The lowest BCUT2D eigenvalue weighted by Gasteiger charge is -2.13. The van der Waals surface area contributed by atoms with Gasteiger partial charge in [-0.15, -0.1) is 11.3 Å². The number of fused-ring (bicyclic) bond motifs is 1. The van der Waals surface area contributed by atoms with Gasteiger partial charge in [-0.25, -0.2) is 15.0 Å². The summed E-state index contributed by atoms with van der Waals surface area (Å²) in [4.78, 5) is 29.9. The number of hydrogen-bond donors (Lipinski definition) is 2. The van der Waals surface area contributed by atoms with Crippen LogP contribution in [0.5, 0.6) is 5.88 Å². The third-order valence-electron chi connectivity index (χ3n) is 5.76. The maximum Gasteiger partial charge on any atom is 0.416 e. The van der Waals surface area contributed by atoms with Crippen LogP contribution in [0.15, 0.2) is 66.2 Å². The summed E-state index contributed by atoms with van der Waals surface area (Å²) in [5.74, 6) is 0.257. The summed E-state index contributed by atoms with van der Waals surface area (Å²) < 4.78 is 49.1. The van der Waals surface area contributed by atoms with Gasteiger partial charge in [-0.3, -0.25) is 9.78 Å². The Balaban J connectivity index is 1.47. The van der Waals surface area contributed by atoms with Gasteiger partial charge < -0.3 is 14.8 Å². The molecular formula is C27H21F3N6O2S2. The standard InChI is InChI=1S/C27H21F3N6O2S2/c1-31-9-16-3-18(11-32-10-16)24-25-21(34-14-35-24)8-23(39-25)17-6-22(26(38-2)33-12-17)36-40-20-5-15(13-37)4-19(7-20)27(28,29)30/h3-8,10-14,31,36H,9H2,1-2H3. The lowest BCUT2D eigenvalue weighted by molar-refractivity contribution is -0.137. The van der Waals surface area contributed by atoms with Crippen molar-refractivity contribution >= 4 is 45.5 Å². The van der Waals surface area contributed by atoms with E-state index in [1.54, 1.807) is 24.7 Å². The van der Waals surface area contributed by atoms with Crippen molar-refractivity contribution in [1.82, 2.24) is 25.3 Å². The topological polar surface area (TPSA) is 102 Å². The minimum Gasteiger partial charge on any atom is -0.480 e. The van der Waals surface area contributed by atoms with Crippen molar-refractivity contribution in [2.24, 2.45) is 0 Å². The van der Waals surface area contributed by atoms with Gasteiger partial charge in [0, 0.05) is 51.6 Å². The number of ether oxygens (including phenoxy) is 1. The second-order valence-electron chi connectivity index (χ2n) is 8.55. The number of benzene rings is 1. The summed E-state index contributed by atoms with van der Waals surface area (Å²) in [6.07, 6.45) is 2.52. The molecule has 0 amide bonds. The normalized spacial score (nSPS) is 11.5. The molecule has 204 valence electrons. The van der Waals surface area contributed by atoms with Gasteiger partial charge in [0.05, 0.1) is 28.6 Å². The van der Waals surface area contributed by atoms with E-state index in [1.807, 2.05) is 19.2 Å². The molecule has 5 rings (SSSR count). The number of thiophene rings is 1. The first-order chi connectivity index (χ1) is 19.3. The van der Waals surface area contributed by atoms with Crippen molar-refractivity contribution in [3.05, 3.63) is 78.0 Å². The van der Waals surface area contributed by atoms with E-state index < -0.39 is 11.7 Å². The van der Waals surface area contributed by atoms with Gasteiger partial charge >= 0.3 is 6.18 Å². The van der Waals surface area contributed by atoms with Crippen LogP contribution in [0.4, 0.5) is 18.9 Å². The molecule has 0 atom stereocenters. The quantitative estimate of drug-likeness (QED) is 0.149. The number of pyridine rings is 2. The monoisotopic (exact) mass is 582 g/mol. The fourth-order valence-electron chi connectivity index (χ4n) is 3.97. The molecule has 1 aromatic carbocycles. The van der Waals surface area contributed by atoms with Crippen LogP contribution in [0.1, 0.15) is 21.5 Å². The van der Waals surface area contributed by atoms with Crippen molar-refractivity contribution in [2.45, 2.75) is 17.6 Å². The second-order valence-corrected chi connectivity index (χ2v) is 10.5. The predicted molar refractivity (Wildman–Crippen MR) is 150 cm³/mol. The second kappa shape index (κ2) is 11.6. The van der Waals surface area contributed by atoms with Crippen LogP contribution in [-0.2, 0) is 12.7 Å². The van der Waals surface area contributed by atoms with E-state index in [4.69, 9.17) is 4.74 Å². The average Bonchev–Trinajstić information content (AvgIpc) is 3.40. The molecule has 4 aromatic heterocycles. The summed E-state index contributed by atoms with van der Waals surface area (Å²) in [5, 5.41) is 3.12. The van der Waals surface area contributed by atoms with Crippen LogP contribution in [-0.4, -0.2) is 40.4 Å². The van der Waals surface area contributed by atoms with Crippen LogP contribution in [0.3, 0.4) is 0 Å². The summed E-state index contributed by atoms with van der Waals surface area (Å²) in [5.41, 5.74) is 3.63. The van der Waals surface area contributed by atoms with Gasteiger partial charge in [0.15, 0.2) is 0 Å². The molecule has 0 spiro atoms. The highest BCUT2D eigenvalue weighted by atomic mass is 32.2. The first-order valence-corrected chi connectivity index (χ1v) is 13.4. The highest BCUT2D eigenvalue weighted by Crippen LogP contribution is 2.40. The van der Waals surface area contributed by atoms with Crippen molar-refractivity contribution in [3.8, 4) is 27.6 Å². The number of halogens is 3. The minimum atomic E-state index is -4.58. The number of nitrogens with zero attached hydrogens (tertiary/aromatic N) is 4. The van der Waals surface area contributed by atoms with Gasteiger partial charge in [0.2, 0.25) is 5.88 Å². The molecule has 0 fully saturated rings. The molecule has 8 nitrogen and oxygen atoms in total. The van der Waals surface area contributed by atoms with E-state index >= 15 is 0 Å². The van der Waals surface area contributed by atoms with Crippen LogP contribution in [0.2, 0.25) is 0 Å². The number of carbonyl (C=O) groups is 1. The number of alkyl halides is 3. The van der Waals surface area contributed by atoms with Gasteiger partial charge in [-0.1, -0.05) is 0 Å². The maximum atomic E-state index is 13.3. The number of rotatable bonds is 9. The summed E-state index contributed by atoms with van der Waals surface area (Å²) in [6.45, 7) is 0.674. The van der Waals surface area contributed by atoms with Gasteiger partial charge in [-0.05, 0) is 61.0 Å². The average molecular weight is 583 g/mol. The van der Waals surface area contributed by atoms with Crippen LogP contribution < -0.4 is 14.8 Å². The van der Waals surface area contributed by atoms with Gasteiger partial charge in [0.1, 0.15) is 18.3 Å². The van der Waals surface area contributed by atoms with E-state index in [1.165, 1.54) is 30.8 Å². The summed E-state index contributed by atoms with van der Waals surface area (Å²) >= 11 is 2.41. The Morgan fingerprint density at radius 1 is 1.02 bits per heavy atom. The maximum absolute atomic E-state index is 13.3. The largest absolute Gasteiger partial charge is 0.480 e. The Hall–Kier alpha value is -4.07. The molecule has 0 aliphatic heterocycles. The number of aldehydes is 1. The van der Waals surface area contributed by atoms with Crippen molar-refractivity contribution in [3.63, 3.8) is 0 Å². The predicted octanol–water partition coefficient (Wildman–Crippen LogP) is 6.49. The van der Waals surface area contributed by atoms with Gasteiger partial charge in [0.25, 0.3) is 0 Å². The van der Waals surface area contributed by atoms with E-state index in [0.717, 1.165) is 61.6 Å². The SMILES string of the molecule is CNCc1cncc(-c2ncnc3cc(-c4cnc(OC)c(NSc5cc(C=O)cc(C(F)(F)F)c5)c4)sc23)c1. The van der Waals surface area contributed by atoms with E-state index in [0.29, 0.717) is 18.5 Å². The Bertz CT molecular complexity index is 1690. The third-order valence-corrected chi connectivity index (χ3v) is 7.73. The number of nitrogens with one attached hydrogen (secondary N) is 2. The fourth-order valence-corrected chi connectivity index (χ4v) is 5.83. The molecule has 13 heteroatoms. The van der Waals surface area contributed by atoms with E-state index in [2.05, 4.69) is 30.0 Å². The zero-order chi connectivity index (χ0) is 28.3. The molecule has 0 radical (unpaired) electrons.